The molecule has 1 aromatic heterocycles. The van der Waals surface area contributed by atoms with Gasteiger partial charge in [0.05, 0.1) is 17.3 Å². The number of hydrogen-bond acceptors (Lipinski definition) is 3. The maximum Gasteiger partial charge on any atom is 0.335 e. The van der Waals surface area contributed by atoms with E-state index in [1.807, 2.05) is 0 Å². The SMILES string of the molecule is Nc1cc(C(=O)O)cc2[nH]ncc12. The van der Waals surface area contributed by atoms with Crippen LogP contribution in [-0.2, 0) is 0 Å². The van der Waals surface area contributed by atoms with Gasteiger partial charge >= 0.3 is 5.97 Å². The number of carbonyl (C=O) groups is 1. The molecule has 1 heterocycles. The average molecular weight is 177 g/mol. The second-order valence-electron chi connectivity index (χ2n) is 2.70. The number of nitrogens with one attached hydrogen (secondary N) is 1. The summed E-state index contributed by atoms with van der Waals surface area (Å²) in [6, 6.07) is 2.92. The standard InChI is InChI=1S/C8H7N3O2/c9-6-1-4(8(12)13)2-7-5(6)3-10-11-7/h1-3H,9H2,(H,10,11)(H,12,13). The molecule has 0 saturated carbocycles. The molecule has 66 valence electrons. The van der Waals surface area contributed by atoms with Crippen LogP contribution in [0, 0.1) is 0 Å². The highest BCUT2D eigenvalue weighted by molar-refractivity contribution is 5.98. The van der Waals surface area contributed by atoms with E-state index in [2.05, 4.69) is 10.2 Å². The van der Waals surface area contributed by atoms with Crippen LogP contribution in [0.1, 0.15) is 10.4 Å². The molecule has 0 aliphatic rings. The van der Waals surface area contributed by atoms with E-state index in [0.717, 1.165) is 5.39 Å². The van der Waals surface area contributed by atoms with Crippen molar-refractivity contribution in [1.82, 2.24) is 10.2 Å². The maximum atomic E-state index is 10.6. The van der Waals surface area contributed by atoms with Gasteiger partial charge in [0.15, 0.2) is 0 Å². The van der Waals surface area contributed by atoms with Crippen molar-refractivity contribution >= 4 is 22.6 Å². The third-order valence-corrected chi connectivity index (χ3v) is 1.84. The van der Waals surface area contributed by atoms with Crippen LogP contribution in [0.2, 0.25) is 0 Å². The molecule has 2 aromatic rings. The molecule has 5 nitrogen and oxygen atoms in total. The van der Waals surface area contributed by atoms with E-state index in [-0.39, 0.29) is 5.56 Å². The summed E-state index contributed by atoms with van der Waals surface area (Å²) in [5.74, 6) is -0.997. The number of aromatic nitrogens is 2. The first-order valence-electron chi connectivity index (χ1n) is 3.64. The van der Waals surface area contributed by atoms with Crippen LogP contribution in [0.15, 0.2) is 18.3 Å². The molecule has 0 bridgehead atoms. The number of aromatic carboxylic acids is 1. The van der Waals surface area contributed by atoms with Crippen molar-refractivity contribution in [3.8, 4) is 0 Å². The summed E-state index contributed by atoms with van der Waals surface area (Å²) in [4.78, 5) is 10.6. The lowest BCUT2D eigenvalue weighted by Crippen LogP contribution is -1.98. The van der Waals surface area contributed by atoms with Gasteiger partial charge in [-0.15, -0.1) is 0 Å². The number of benzene rings is 1. The zero-order chi connectivity index (χ0) is 9.42. The van der Waals surface area contributed by atoms with Crippen molar-refractivity contribution in [1.29, 1.82) is 0 Å². The number of nitrogens with zero attached hydrogens (tertiary/aromatic N) is 1. The summed E-state index contributed by atoms with van der Waals surface area (Å²) in [6.45, 7) is 0. The van der Waals surface area contributed by atoms with Crippen molar-refractivity contribution in [3.63, 3.8) is 0 Å². The van der Waals surface area contributed by atoms with Crippen molar-refractivity contribution < 1.29 is 9.90 Å². The number of nitrogen functional groups attached to an aromatic ring is 1. The van der Waals surface area contributed by atoms with Gasteiger partial charge in [-0.25, -0.2) is 4.79 Å². The normalized spacial score (nSPS) is 10.5. The van der Waals surface area contributed by atoms with Crippen molar-refractivity contribution in [2.75, 3.05) is 5.73 Å². The Hall–Kier alpha value is -2.04. The first-order chi connectivity index (χ1) is 6.18. The number of aromatic amines is 1. The van der Waals surface area contributed by atoms with Gasteiger partial charge in [0.25, 0.3) is 0 Å². The molecule has 5 heteroatoms. The average Bonchev–Trinajstić information content (AvgIpc) is 2.51. The maximum absolute atomic E-state index is 10.6. The Morgan fingerprint density at radius 1 is 1.54 bits per heavy atom. The summed E-state index contributed by atoms with van der Waals surface area (Å²) in [6.07, 6.45) is 1.57. The Balaban J connectivity index is 2.77. The topological polar surface area (TPSA) is 92.0 Å². The summed E-state index contributed by atoms with van der Waals surface area (Å²) in [5.41, 5.74) is 6.83. The lowest BCUT2D eigenvalue weighted by atomic mass is 10.1. The van der Waals surface area contributed by atoms with E-state index in [1.54, 1.807) is 6.20 Å². The van der Waals surface area contributed by atoms with E-state index >= 15 is 0 Å². The minimum absolute atomic E-state index is 0.161. The van der Waals surface area contributed by atoms with E-state index in [1.165, 1.54) is 12.1 Å². The van der Waals surface area contributed by atoms with Gasteiger partial charge in [0, 0.05) is 11.1 Å². The highest BCUT2D eigenvalue weighted by atomic mass is 16.4. The first kappa shape index (κ1) is 7.60. The summed E-state index contributed by atoms with van der Waals surface area (Å²) >= 11 is 0. The molecular weight excluding hydrogens is 170 g/mol. The lowest BCUT2D eigenvalue weighted by molar-refractivity contribution is 0.0697. The van der Waals surface area contributed by atoms with Gasteiger partial charge in [-0.2, -0.15) is 5.10 Å². The smallest absolute Gasteiger partial charge is 0.335 e. The highest BCUT2D eigenvalue weighted by Gasteiger charge is 2.07. The molecule has 0 atom stereocenters. The Labute approximate surface area is 73.2 Å². The zero-order valence-corrected chi connectivity index (χ0v) is 6.61. The Morgan fingerprint density at radius 2 is 2.31 bits per heavy atom. The number of rotatable bonds is 1. The van der Waals surface area contributed by atoms with Crippen LogP contribution in [0.4, 0.5) is 5.69 Å². The number of fused-ring (bicyclic) bond motifs is 1. The van der Waals surface area contributed by atoms with E-state index in [4.69, 9.17) is 10.8 Å². The molecule has 1 aromatic carbocycles. The van der Waals surface area contributed by atoms with Crippen LogP contribution in [0.5, 0.6) is 0 Å². The number of carboxylic acids is 1. The fraction of sp³-hybridized carbons (Fsp3) is 0. The number of nitrogens with two attached hydrogens (primary N) is 1. The molecule has 2 rings (SSSR count). The fourth-order valence-electron chi connectivity index (χ4n) is 1.20. The molecule has 0 saturated heterocycles. The highest BCUT2D eigenvalue weighted by Crippen LogP contribution is 2.20. The molecule has 0 unspecified atom stereocenters. The van der Waals surface area contributed by atoms with Gasteiger partial charge in [-0.3, -0.25) is 5.10 Å². The van der Waals surface area contributed by atoms with Gasteiger partial charge < -0.3 is 10.8 Å². The van der Waals surface area contributed by atoms with Gasteiger partial charge in [-0.1, -0.05) is 0 Å². The Bertz CT molecular complexity index is 475. The molecule has 0 aliphatic carbocycles. The van der Waals surface area contributed by atoms with Crippen LogP contribution in [0.25, 0.3) is 10.9 Å². The third kappa shape index (κ3) is 1.10. The van der Waals surface area contributed by atoms with Crippen LogP contribution in [-0.4, -0.2) is 21.3 Å². The van der Waals surface area contributed by atoms with Crippen molar-refractivity contribution in [3.05, 3.63) is 23.9 Å². The van der Waals surface area contributed by atoms with E-state index in [0.29, 0.717) is 11.2 Å². The molecular formula is C8H7N3O2. The monoisotopic (exact) mass is 177 g/mol. The van der Waals surface area contributed by atoms with Crippen molar-refractivity contribution in [2.45, 2.75) is 0 Å². The molecule has 0 amide bonds. The molecule has 0 fully saturated rings. The fourth-order valence-corrected chi connectivity index (χ4v) is 1.20. The van der Waals surface area contributed by atoms with Gasteiger partial charge in [-0.05, 0) is 12.1 Å². The zero-order valence-electron chi connectivity index (χ0n) is 6.61. The van der Waals surface area contributed by atoms with Crippen LogP contribution in [0.3, 0.4) is 0 Å². The minimum atomic E-state index is -0.997. The summed E-state index contributed by atoms with van der Waals surface area (Å²) < 4.78 is 0. The second kappa shape index (κ2) is 2.48. The largest absolute Gasteiger partial charge is 0.478 e. The number of hydrogen-bond donors (Lipinski definition) is 3. The van der Waals surface area contributed by atoms with Gasteiger partial charge in [0.1, 0.15) is 0 Å². The molecule has 0 spiro atoms. The second-order valence-corrected chi connectivity index (χ2v) is 2.70. The third-order valence-electron chi connectivity index (χ3n) is 1.84. The predicted molar refractivity (Wildman–Crippen MR) is 47.5 cm³/mol. The summed E-state index contributed by atoms with van der Waals surface area (Å²) in [7, 11) is 0. The van der Waals surface area contributed by atoms with E-state index in [9.17, 15) is 4.79 Å². The Morgan fingerprint density at radius 3 is 3.00 bits per heavy atom. The van der Waals surface area contributed by atoms with Gasteiger partial charge in [0.2, 0.25) is 0 Å². The minimum Gasteiger partial charge on any atom is -0.478 e. The van der Waals surface area contributed by atoms with Crippen LogP contribution >= 0.6 is 0 Å². The quantitative estimate of drug-likeness (QED) is 0.563. The number of anilines is 1. The molecule has 4 N–H and O–H groups in total. The molecule has 0 aliphatic heterocycles. The van der Waals surface area contributed by atoms with E-state index < -0.39 is 5.97 Å². The lowest BCUT2D eigenvalue weighted by Gasteiger charge is -1.98. The predicted octanol–water partition coefficient (Wildman–Crippen LogP) is 0.843. The molecule has 13 heavy (non-hydrogen) atoms. The number of carboxylic acid groups (broad SMARTS) is 1. The first-order valence-corrected chi connectivity index (χ1v) is 3.64. The van der Waals surface area contributed by atoms with Crippen LogP contribution < -0.4 is 5.73 Å². The number of H-pyrrole nitrogens is 1. The van der Waals surface area contributed by atoms with Crippen molar-refractivity contribution in [2.24, 2.45) is 0 Å². The molecule has 0 radical (unpaired) electrons. The Kier molecular flexibility index (Phi) is 1.45. The summed E-state index contributed by atoms with van der Waals surface area (Å²) in [5, 5.41) is 15.9.